The molecule has 0 spiro atoms. The van der Waals surface area contributed by atoms with Crippen LogP contribution in [0.3, 0.4) is 0 Å². The fraction of sp³-hybridized carbons (Fsp3) is 1.00. The van der Waals surface area contributed by atoms with E-state index in [1.807, 2.05) is 0 Å². The number of rotatable bonds is 3. The van der Waals surface area contributed by atoms with Crippen LogP contribution >= 0.6 is 0 Å². The molecule has 0 aliphatic heterocycles. The lowest BCUT2D eigenvalue weighted by Gasteiger charge is -2.61. The van der Waals surface area contributed by atoms with Gasteiger partial charge in [-0.05, 0) is 74.0 Å². The SMILES string of the molecule is CC12CC3CC(C1)CC(CNC1CCCCCC1)(C3)C2. The van der Waals surface area contributed by atoms with Crippen LogP contribution in [0, 0.1) is 22.7 Å². The van der Waals surface area contributed by atoms with Gasteiger partial charge in [-0.25, -0.2) is 0 Å². The van der Waals surface area contributed by atoms with Crippen LogP contribution in [0.1, 0.15) is 84.0 Å². The molecule has 5 saturated carbocycles. The molecule has 5 fully saturated rings. The molecule has 0 saturated heterocycles. The van der Waals surface area contributed by atoms with Gasteiger partial charge in [-0.1, -0.05) is 32.6 Å². The Kier molecular flexibility index (Phi) is 3.41. The van der Waals surface area contributed by atoms with E-state index in [1.165, 1.54) is 51.5 Å². The zero-order valence-electron chi connectivity index (χ0n) is 13.4. The molecular weight excluding hydrogens is 242 g/mol. The molecule has 114 valence electrons. The summed E-state index contributed by atoms with van der Waals surface area (Å²) in [6, 6.07) is 0.846. The van der Waals surface area contributed by atoms with Crippen molar-refractivity contribution in [3.8, 4) is 0 Å². The van der Waals surface area contributed by atoms with Crippen molar-refractivity contribution >= 4 is 0 Å². The molecule has 2 unspecified atom stereocenters. The van der Waals surface area contributed by atoms with Crippen molar-refractivity contribution in [1.29, 1.82) is 0 Å². The van der Waals surface area contributed by atoms with E-state index in [4.69, 9.17) is 0 Å². The van der Waals surface area contributed by atoms with Gasteiger partial charge in [-0.3, -0.25) is 0 Å². The van der Waals surface area contributed by atoms with E-state index >= 15 is 0 Å². The van der Waals surface area contributed by atoms with Crippen LogP contribution in [0.4, 0.5) is 0 Å². The summed E-state index contributed by atoms with van der Waals surface area (Å²) in [6.07, 6.45) is 18.1. The average molecular weight is 275 g/mol. The van der Waals surface area contributed by atoms with E-state index < -0.39 is 0 Å². The monoisotopic (exact) mass is 275 g/mol. The second-order valence-electron chi connectivity index (χ2n) is 9.34. The van der Waals surface area contributed by atoms with Gasteiger partial charge in [0.1, 0.15) is 0 Å². The molecule has 0 aromatic heterocycles. The van der Waals surface area contributed by atoms with Crippen LogP contribution in [-0.4, -0.2) is 12.6 Å². The molecule has 1 N–H and O–H groups in total. The van der Waals surface area contributed by atoms with Gasteiger partial charge < -0.3 is 5.32 Å². The second kappa shape index (κ2) is 5.00. The minimum Gasteiger partial charge on any atom is -0.313 e. The van der Waals surface area contributed by atoms with Gasteiger partial charge >= 0.3 is 0 Å². The highest BCUT2D eigenvalue weighted by molar-refractivity contribution is 5.07. The molecule has 4 bridgehead atoms. The van der Waals surface area contributed by atoms with Crippen LogP contribution in [0.25, 0.3) is 0 Å². The third-order valence-corrected chi connectivity index (χ3v) is 7.10. The van der Waals surface area contributed by atoms with Crippen molar-refractivity contribution in [2.75, 3.05) is 6.54 Å². The first kappa shape index (κ1) is 13.6. The first-order valence-corrected chi connectivity index (χ1v) is 9.38. The molecule has 1 nitrogen and oxygen atoms in total. The highest BCUT2D eigenvalue weighted by atomic mass is 14.9. The minimum atomic E-state index is 0.700. The fourth-order valence-electron chi connectivity index (χ4n) is 6.98. The molecule has 5 rings (SSSR count). The second-order valence-corrected chi connectivity index (χ2v) is 9.34. The Morgan fingerprint density at radius 1 is 0.900 bits per heavy atom. The highest BCUT2D eigenvalue weighted by Gasteiger charge is 2.55. The smallest absolute Gasteiger partial charge is 0.00672 e. The predicted molar refractivity (Wildman–Crippen MR) is 84.7 cm³/mol. The zero-order valence-corrected chi connectivity index (χ0v) is 13.4. The molecule has 5 aliphatic carbocycles. The van der Waals surface area contributed by atoms with Gasteiger partial charge in [0.15, 0.2) is 0 Å². The Morgan fingerprint density at radius 3 is 2.15 bits per heavy atom. The summed E-state index contributed by atoms with van der Waals surface area (Å²) in [7, 11) is 0. The molecule has 20 heavy (non-hydrogen) atoms. The molecule has 5 aliphatic rings. The molecule has 1 heteroatoms. The molecule has 0 aromatic rings. The average Bonchev–Trinajstić information content (AvgIpc) is 2.62. The van der Waals surface area contributed by atoms with Crippen molar-refractivity contribution in [2.24, 2.45) is 22.7 Å². The van der Waals surface area contributed by atoms with E-state index in [-0.39, 0.29) is 0 Å². The largest absolute Gasteiger partial charge is 0.313 e. The lowest BCUT2D eigenvalue weighted by molar-refractivity contribution is -0.101. The Bertz CT molecular complexity index is 339. The van der Waals surface area contributed by atoms with Crippen LogP contribution < -0.4 is 5.32 Å². The summed E-state index contributed by atoms with van der Waals surface area (Å²) in [6.45, 7) is 3.95. The minimum absolute atomic E-state index is 0.700. The van der Waals surface area contributed by atoms with Crippen LogP contribution in [-0.2, 0) is 0 Å². The van der Waals surface area contributed by atoms with Crippen molar-refractivity contribution in [2.45, 2.75) is 90.0 Å². The summed E-state index contributed by atoms with van der Waals surface area (Å²) in [5.41, 5.74) is 1.42. The quantitative estimate of drug-likeness (QED) is 0.722. The standard InChI is InChI=1S/C19H33N/c1-18-9-15-8-16(10-18)12-19(11-15,13-18)14-20-17-6-4-2-3-5-7-17/h15-17,20H,2-14H2,1H3. The van der Waals surface area contributed by atoms with E-state index in [2.05, 4.69) is 12.2 Å². The van der Waals surface area contributed by atoms with E-state index in [9.17, 15) is 0 Å². The summed E-state index contributed by atoms with van der Waals surface area (Å²) in [4.78, 5) is 0. The first-order valence-electron chi connectivity index (χ1n) is 9.38. The van der Waals surface area contributed by atoms with Gasteiger partial charge in [0.05, 0.1) is 0 Å². The maximum absolute atomic E-state index is 4.04. The molecule has 0 amide bonds. The van der Waals surface area contributed by atoms with Gasteiger partial charge in [0, 0.05) is 12.6 Å². The summed E-state index contributed by atoms with van der Waals surface area (Å²) < 4.78 is 0. The van der Waals surface area contributed by atoms with Crippen molar-refractivity contribution in [1.82, 2.24) is 5.32 Å². The Labute approximate surface area is 125 Å². The Balaban J connectivity index is 1.40. The topological polar surface area (TPSA) is 12.0 Å². The van der Waals surface area contributed by atoms with Gasteiger partial charge in [-0.15, -0.1) is 0 Å². The summed E-state index contributed by atoms with van der Waals surface area (Å²) >= 11 is 0. The van der Waals surface area contributed by atoms with Crippen LogP contribution in [0.5, 0.6) is 0 Å². The Morgan fingerprint density at radius 2 is 1.55 bits per heavy atom. The maximum atomic E-state index is 4.04. The third-order valence-electron chi connectivity index (χ3n) is 7.10. The predicted octanol–water partition coefficient (Wildman–Crippen LogP) is 4.91. The van der Waals surface area contributed by atoms with E-state index in [1.54, 1.807) is 32.1 Å². The lowest BCUT2D eigenvalue weighted by atomic mass is 9.44. The number of hydrogen-bond acceptors (Lipinski definition) is 1. The van der Waals surface area contributed by atoms with Crippen molar-refractivity contribution < 1.29 is 0 Å². The molecular formula is C19H33N. The van der Waals surface area contributed by atoms with Crippen LogP contribution in [0.2, 0.25) is 0 Å². The molecule has 2 atom stereocenters. The van der Waals surface area contributed by atoms with Crippen molar-refractivity contribution in [3.63, 3.8) is 0 Å². The first-order chi connectivity index (χ1) is 9.65. The van der Waals surface area contributed by atoms with E-state index in [0.717, 1.165) is 23.3 Å². The summed E-state index contributed by atoms with van der Waals surface area (Å²) in [5.74, 6) is 2.16. The van der Waals surface area contributed by atoms with Gasteiger partial charge in [-0.2, -0.15) is 0 Å². The van der Waals surface area contributed by atoms with E-state index in [0.29, 0.717) is 5.41 Å². The highest BCUT2D eigenvalue weighted by Crippen LogP contribution is 2.64. The van der Waals surface area contributed by atoms with Gasteiger partial charge in [0.2, 0.25) is 0 Å². The lowest BCUT2D eigenvalue weighted by Crippen LogP contribution is -2.55. The molecule has 0 radical (unpaired) electrons. The zero-order chi connectivity index (χ0) is 13.6. The molecule has 0 heterocycles. The maximum Gasteiger partial charge on any atom is 0.00672 e. The van der Waals surface area contributed by atoms with Crippen molar-refractivity contribution in [3.05, 3.63) is 0 Å². The normalized spacial score (nSPS) is 48.5. The third kappa shape index (κ3) is 2.56. The number of nitrogens with one attached hydrogen (secondary N) is 1. The number of hydrogen-bond donors (Lipinski definition) is 1. The van der Waals surface area contributed by atoms with Gasteiger partial charge in [0.25, 0.3) is 0 Å². The Hall–Kier alpha value is -0.0400. The van der Waals surface area contributed by atoms with Crippen LogP contribution in [0.15, 0.2) is 0 Å². The molecule has 0 aromatic carbocycles. The fourth-order valence-corrected chi connectivity index (χ4v) is 6.98. The summed E-state index contributed by atoms with van der Waals surface area (Å²) in [5, 5.41) is 4.04.